The van der Waals surface area contributed by atoms with Gasteiger partial charge in [-0.1, -0.05) is 18.2 Å². The first-order valence-corrected chi connectivity index (χ1v) is 9.94. The van der Waals surface area contributed by atoms with Crippen LogP contribution >= 0.6 is 0 Å². The van der Waals surface area contributed by atoms with Gasteiger partial charge in [0.1, 0.15) is 18.5 Å². The molecule has 0 saturated carbocycles. The number of aliphatic hydroxyl groups excluding tert-OH is 2. The molecule has 1 atom stereocenters. The van der Waals surface area contributed by atoms with Crippen LogP contribution in [0.3, 0.4) is 0 Å². The molecule has 0 radical (unpaired) electrons. The summed E-state index contributed by atoms with van der Waals surface area (Å²) in [5.74, 6) is -1.03. The van der Waals surface area contributed by atoms with E-state index >= 15 is 0 Å². The lowest BCUT2D eigenvalue weighted by Gasteiger charge is -2.30. The van der Waals surface area contributed by atoms with Gasteiger partial charge in [0.2, 0.25) is 0 Å². The predicted octanol–water partition coefficient (Wildman–Crippen LogP) is 2.45. The third-order valence-corrected chi connectivity index (χ3v) is 5.01. The molecular formula is C22H28F2N2O3. The minimum atomic E-state index is -0.848. The monoisotopic (exact) mass is 406 g/mol. The molecule has 158 valence electrons. The van der Waals surface area contributed by atoms with Crippen LogP contribution in [0.15, 0.2) is 42.5 Å². The molecule has 3 N–H and O–H groups in total. The van der Waals surface area contributed by atoms with Gasteiger partial charge >= 0.3 is 0 Å². The Bertz CT molecular complexity index is 782. The van der Waals surface area contributed by atoms with E-state index in [4.69, 9.17) is 4.74 Å². The number of piperidine rings is 1. The van der Waals surface area contributed by atoms with Crippen molar-refractivity contribution in [2.45, 2.75) is 38.1 Å². The van der Waals surface area contributed by atoms with Crippen molar-refractivity contribution in [2.75, 3.05) is 26.2 Å². The number of nitrogens with one attached hydrogen (secondary N) is 1. The van der Waals surface area contributed by atoms with Crippen molar-refractivity contribution in [1.82, 2.24) is 10.2 Å². The second-order valence-electron chi connectivity index (χ2n) is 7.50. The number of ether oxygens (including phenoxy) is 1. The van der Waals surface area contributed by atoms with Gasteiger partial charge in [-0.3, -0.25) is 0 Å². The van der Waals surface area contributed by atoms with Crippen LogP contribution in [0.5, 0.6) is 5.75 Å². The van der Waals surface area contributed by atoms with Gasteiger partial charge in [0, 0.05) is 32.7 Å². The molecular weight excluding hydrogens is 378 g/mol. The molecule has 1 fully saturated rings. The van der Waals surface area contributed by atoms with Crippen molar-refractivity contribution < 1.29 is 23.7 Å². The van der Waals surface area contributed by atoms with Gasteiger partial charge in [0.15, 0.2) is 11.6 Å². The van der Waals surface area contributed by atoms with Gasteiger partial charge in [0.25, 0.3) is 0 Å². The molecule has 0 spiro atoms. The van der Waals surface area contributed by atoms with Gasteiger partial charge in [-0.15, -0.1) is 0 Å². The zero-order valence-corrected chi connectivity index (χ0v) is 16.4. The Labute approximate surface area is 169 Å². The molecule has 2 aromatic rings. The molecule has 29 heavy (non-hydrogen) atoms. The zero-order chi connectivity index (χ0) is 20.6. The van der Waals surface area contributed by atoms with Gasteiger partial charge in [-0.25, -0.2) is 8.78 Å². The molecule has 7 heteroatoms. The number of benzene rings is 2. The van der Waals surface area contributed by atoms with E-state index in [0.29, 0.717) is 30.9 Å². The smallest absolute Gasteiger partial charge is 0.159 e. The van der Waals surface area contributed by atoms with E-state index in [2.05, 4.69) is 10.2 Å². The van der Waals surface area contributed by atoms with E-state index in [1.807, 2.05) is 24.3 Å². The van der Waals surface area contributed by atoms with E-state index in [0.717, 1.165) is 37.6 Å². The topological polar surface area (TPSA) is 65.0 Å². The van der Waals surface area contributed by atoms with E-state index < -0.39 is 17.7 Å². The second kappa shape index (κ2) is 10.6. The van der Waals surface area contributed by atoms with Crippen LogP contribution in [0.4, 0.5) is 8.78 Å². The standard InChI is InChI=1S/C22H28F2N2O3/c23-21-5-4-17(11-22(21)24)13-25-12-16-2-1-3-20(10-16)29-15-19(28)14-26-8-6-18(27)7-9-26/h1-5,10-11,18-19,25,27-28H,6-9,12-15H2/t19-/m1/s1. The average Bonchev–Trinajstić information content (AvgIpc) is 2.71. The molecule has 3 rings (SSSR count). The molecule has 1 aliphatic heterocycles. The fraction of sp³-hybridized carbons (Fsp3) is 0.455. The van der Waals surface area contributed by atoms with Crippen LogP contribution in [0, 0.1) is 11.6 Å². The summed E-state index contributed by atoms with van der Waals surface area (Å²) in [6, 6.07) is 11.4. The first-order valence-electron chi connectivity index (χ1n) is 9.94. The molecule has 2 aromatic carbocycles. The summed E-state index contributed by atoms with van der Waals surface area (Å²) < 4.78 is 31.9. The van der Waals surface area contributed by atoms with Crippen molar-refractivity contribution in [3.63, 3.8) is 0 Å². The number of nitrogens with zero attached hydrogens (tertiary/aromatic N) is 1. The van der Waals surface area contributed by atoms with Crippen LogP contribution in [-0.2, 0) is 13.1 Å². The Hall–Kier alpha value is -2.06. The molecule has 1 saturated heterocycles. The molecule has 0 aromatic heterocycles. The molecule has 0 bridgehead atoms. The Morgan fingerprint density at radius 2 is 1.76 bits per heavy atom. The van der Waals surface area contributed by atoms with E-state index in [1.165, 1.54) is 6.07 Å². The quantitative estimate of drug-likeness (QED) is 0.597. The van der Waals surface area contributed by atoms with Crippen LogP contribution in [0.2, 0.25) is 0 Å². The summed E-state index contributed by atoms with van der Waals surface area (Å²) in [5.41, 5.74) is 1.66. The van der Waals surface area contributed by atoms with E-state index in [1.54, 1.807) is 6.07 Å². The largest absolute Gasteiger partial charge is 0.491 e. The SMILES string of the molecule is OC1CCN(C[C@@H](O)COc2cccc(CNCc3ccc(F)c(F)c3)c2)CC1. The van der Waals surface area contributed by atoms with Gasteiger partial charge in [-0.05, 0) is 48.2 Å². The maximum absolute atomic E-state index is 13.2. The highest BCUT2D eigenvalue weighted by Crippen LogP contribution is 2.15. The lowest BCUT2D eigenvalue weighted by Crippen LogP contribution is -2.41. The number of halogens is 2. The first-order chi connectivity index (χ1) is 14.0. The number of aliphatic hydroxyl groups is 2. The van der Waals surface area contributed by atoms with Gasteiger partial charge < -0.3 is 25.2 Å². The summed E-state index contributed by atoms with van der Waals surface area (Å²) >= 11 is 0. The van der Waals surface area contributed by atoms with Crippen molar-refractivity contribution in [3.05, 3.63) is 65.2 Å². The summed E-state index contributed by atoms with van der Waals surface area (Å²) in [4.78, 5) is 2.14. The molecule has 0 amide bonds. The Morgan fingerprint density at radius 3 is 2.48 bits per heavy atom. The highest BCUT2D eigenvalue weighted by atomic mass is 19.2. The van der Waals surface area contributed by atoms with Crippen molar-refractivity contribution in [2.24, 2.45) is 0 Å². The van der Waals surface area contributed by atoms with Gasteiger partial charge in [0.05, 0.1) is 6.10 Å². The van der Waals surface area contributed by atoms with Crippen molar-refractivity contribution >= 4 is 0 Å². The van der Waals surface area contributed by atoms with Crippen molar-refractivity contribution in [1.29, 1.82) is 0 Å². The summed E-state index contributed by atoms with van der Waals surface area (Å²) in [6.07, 6.45) is 0.666. The Morgan fingerprint density at radius 1 is 1.03 bits per heavy atom. The third-order valence-electron chi connectivity index (χ3n) is 5.01. The molecule has 0 unspecified atom stereocenters. The molecule has 1 heterocycles. The highest BCUT2D eigenvalue weighted by Gasteiger charge is 2.19. The van der Waals surface area contributed by atoms with Crippen LogP contribution in [0.25, 0.3) is 0 Å². The number of β-amino-alcohol motifs (C(OH)–C–C–N with tert-alkyl or cyclic N) is 1. The first kappa shape index (κ1) is 21.6. The van der Waals surface area contributed by atoms with E-state index in [9.17, 15) is 19.0 Å². The maximum atomic E-state index is 13.2. The fourth-order valence-electron chi connectivity index (χ4n) is 3.39. The lowest BCUT2D eigenvalue weighted by molar-refractivity contribution is 0.0337. The normalized spacial score (nSPS) is 16.7. The molecule has 1 aliphatic rings. The third kappa shape index (κ3) is 7.04. The van der Waals surface area contributed by atoms with E-state index in [-0.39, 0.29) is 12.7 Å². The highest BCUT2D eigenvalue weighted by molar-refractivity contribution is 5.28. The zero-order valence-electron chi connectivity index (χ0n) is 16.4. The summed E-state index contributed by atoms with van der Waals surface area (Å²) in [7, 11) is 0. The Kier molecular flexibility index (Phi) is 7.94. The predicted molar refractivity (Wildman–Crippen MR) is 107 cm³/mol. The minimum Gasteiger partial charge on any atom is -0.491 e. The average molecular weight is 406 g/mol. The second-order valence-corrected chi connectivity index (χ2v) is 7.50. The number of likely N-dealkylation sites (tertiary alicyclic amines) is 1. The van der Waals surface area contributed by atoms with Crippen LogP contribution < -0.4 is 10.1 Å². The minimum absolute atomic E-state index is 0.199. The van der Waals surface area contributed by atoms with Crippen LogP contribution in [-0.4, -0.2) is 53.6 Å². The van der Waals surface area contributed by atoms with Crippen LogP contribution in [0.1, 0.15) is 24.0 Å². The number of rotatable bonds is 9. The molecule has 5 nitrogen and oxygen atoms in total. The summed E-state index contributed by atoms with van der Waals surface area (Å²) in [6.45, 7) is 3.28. The lowest BCUT2D eigenvalue weighted by atomic mass is 10.1. The van der Waals surface area contributed by atoms with Crippen molar-refractivity contribution in [3.8, 4) is 5.75 Å². The Balaban J connectivity index is 1.41. The van der Waals surface area contributed by atoms with Gasteiger partial charge in [-0.2, -0.15) is 0 Å². The summed E-state index contributed by atoms with van der Waals surface area (Å²) in [5, 5.41) is 22.9. The molecule has 0 aliphatic carbocycles. The number of hydrogen-bond acceptors (Lipinski definition) is 5. The fourth-order valence-corrected chi connectivity index (χ4v) is 3.39. The number of hydrogen-bond donors (Lipinski definition) is 3. The maximum Gasteiger partial charge on any atom is 0.159 e.